The Bertz CT molecular complexity index is 483. The van der Waals surface area contributed by atoms with Crippen LogP contribution in [-0.4, -0.2) is 56.2 Å². The van der Waals surface area contributed by atoms with E-state index in [9.17, 15) is 14.4 Å². The molecule has 1 fully saturated rings. The number of carbonyl (C=O) groups is 3. The zero-order chi connectivity index (χ0) is 16.2. The summed E-state index contributed by atoms with van der Waals surface area (Å²) in [4.78, 5) is 33.5. The third-order valence-corrected chi connectivity index (χ3v) is 2.95. The molecule has 1 rings (SSSR count). The molecule has 21 heavy (non-hydrogen) atoms. The van der Waals surface area contributed by atoms with Gasteiger partial charge in [0.25, 0.3) is 0 Å². The lowest BCUT2D eigenvalue weighted by molar-refractivity contribution is -0.169. The average Bonchev–Trinajstić information content (AvgIpc) is 2.61. The van der Waals surface area contributed by atoms with Gasteiger partial charge in [-0.25, -0.2) is 0 Å². The summed E-state index contributed by atoms with van der Waals surface area (Å²) in [6.45, 7) is 3.33. The van der Waals surface area contributed by atoms with Crippen molar-refractivity contribution in [2.75, 3.05) is 6.61 Å². The fourth-order valence-corrected chi connectivity index (χ4v) is 2.15. The van der Waals surface area contributed by atoms with E-state index < -0.39 is 41.7 Å². The van der Waals surface area contributed by atoms with E-state index in [1.807, 2.05) is 0 Å². The van der Waals surface area contributed by atoms with Gasteiger partial charge >= 0.3 is 17.9 Å². The molecule has 0 bridgehead atoms. The number of esters is 3. The summed E-state index contributed by atoms with van der Waals surface area (Å²) >= 11 is 0. The minimum Gasteiger partial charge on any atom is -0.462 e. The van der Waals surface area contributed by atoms with Crippen LogP contribution >= 0.6 is 0 Å². The first-order valence-corrected chi connectivity index (χ1v) is 6.35. The largest absolute Gasteiger partial charge is 0.462 e. The lowest BCUT2D eigenvalue weighted by Gasteiger charge is -2.29. The monoisotopic (exact) mass is 296 g/mol. The second kappa shape index (κ2) is 6.63. The van der Waals surface area contributed by atoms with Crippen molar-refractivity contribution in [3.8, 4) is 12.3 Å². The van der Waals surface area contributed by atoms with E-state index in [1.165, 1.54) is 20.8 Å². The highest BCUT2D eigenvalue weighted by atomic mass is 16.7. The highest BCUT2D eigenvalue weighted by Crippen LogP contribution is 2.34. The summed E-state index contributed by atoms with van der Waals surface area (Å²) in [6, 6.07) is -0.621. The van der Waals surface area contributed by atoms with Gasteiger partial charge in [-0.15, -0.1) is 6.42 Å². The van der Waals surface area contributed by atoms with Crippen LogP contribution in [0.3, 0.4) is 0 Å². The Morgan fingerprint density at radius 2 is 1.76 bits per heavy atom. The predicted molar refractivity (Wildman–Crippen MR) is 72.7 cm³/mol. The van der Waals surface area contributed by atoms with Crippen molar-refractivity contribution in [3.05, 3.63) is 0 Å². The van der Waals surface area contributed by atoms with E-state index >= 15 is 0 Å². The zero-order valence-electron chi connectivity index (χ0n) is 12.4. The van der Waals surface area contributed by atoms with Crippen LogP contribution in [-0.2, 0) is 33.3 Å². The molecule has 0 spiro atoms. The van der Waals surface area contributed by atoms with Crippen molar-refractivity contribution in [3.63, 3.8) is 0 Å². The molecule has 0 aromatic heterocycles. The summed E-state index contributed by atoms with van der Waals surface area (Å²) in [5, 5.41) is 0. The summed E-state index contributed by atoms with van der Waals surface area (Å²) in [6.07, 6.45) is 3.54. The van der Waals surface area contributed by atoms with Crippen LogP contribution in [0, 0.1) is 12.3 Å². The second-order valence-electron chi connectivity index (χ2n) is 4.74. The number of ether oxygens (including phenoxy) is 4. The molecule has 7 nitrogen and oxygen atoms in total. The Morgan fingerprint density at radius 1 is 1.19 bits per heavy atom. The van der Waals surface area contributed by atoms with Crippen molar-refractivity contribution in [2.24, 2.45) is 0 Å². The van der Waals surface area contributed by atoms with Gasteiger partial charge in [-0.3, -0.25) is 14.4 Å². The van der Waals surface area contributed by atoms with Crippen LogP contribution in [0.1, 0.15) is 20.8 Å². The van der Waals surface area contributed by atoms with Gasteiger partial charge in [0.2, 0.25) is 5.60 Å². The van der Waals surface area contributed by atoms with Gasteiger partial charge in [-0.05, 0) is 0 Å². The molecule has 1 aliphatic heterocycles. The Morgan fingerprint density at radius 3 is 2.19 bits per heavy atom. The Kier molecular flexibility index (Phi) is 5.38. The Hall–Kier alpha value is -2.01. The second-order valence-corrected chi connectivity index (χ2v) is 4.74. The predicted octanol–water partition coefficient (Wildman–Crippen LogP) is -1.23. The minimum absolute atomic E-state index is 0.307. The van der Waals surface area contributed by atoms with Crippen LogP contribution in [0.2, 0.25) is 0 Å². The van der Waals surface area contributed by atoms with E-state index in [0.29, 0.717) is 0 Å². The summed E-state index contributed by atoms with van der Waals surface area (Å²) in [7, 11) is 1.62. The molecule has 4 atom stereocenters. The highest BCUT2D eigenvalue weighted by molar-refractivity contribution is 6.12. The molecule has 1 heterocycles. The van der Waals surface area contributed by atoms with E-state index in [4.69, 9.17) is 25.4 Å². The van der Waals surface area contributed by atoms with E-state index in [2.05, 4.69) is 5.92 Å². The summed E-state index contributed by atoms with van der Waals surface area (Å²) in [5.41, 5.74) is -1.49. The van der Waals surface area contributed by atoms with Gasteiger partial charge in [0.1, 0.15) is 14.5 Å². The zero-order valence-corrected chi connectivity index (χ0v) is 12.4. The van der Waals surface area contributed by atoms with Crippen LogP contribution in [0.25, 0.3) is 0 Å². The van der Waals surface area contributed by atoms with Crippen LogP contribution in [0.5, 0.6) is 0 Å². The molecule has 0 N–H and O–H groups in total. The first-order valence-electron chi connectivity index (χ1n) is 6.35. The SMILES string of the molecule is BC1OC(C#C)(COC(C)=O)C(OC(C)=O)C1OC(C)=O. The standard InChI is InChI=1S/C13H17BO7/c1-5-13(6-18-7(2)15)11(20-9(4)17)10(12(14)21-13)19-8(3)16/h1,10-12H,6,14H2,2-4H3. The third-order valence-electron chi connectivity index (χ3n) is 2.95. The maximum atomic E-state index is 11.3. The minimum atomic E-state index is -1.49. The summed E-state index contributed by atoms with van der Waals surface area (Å²) in [5.74, 6) is 0.621. The molecule has 1 saturated heterocycles. The lowest BCUT2D eigenvalue weighted by Crippen LogP contribution is -2.49. The molecule has 1 aliphatic rings. The molecule has 114 valence electrons. The number of hydrogen-bond acceptors (Lipinski definition) is 7. The van der Waals surface area contributed by atoms with Gasteiger partial charge in [0.15, 0.2) is 12.2 Å². The number of rotatable bonds is 4. The fourth-order valence-electron chi connectivity index (χ4n) is 2.15. The quantitative estimate of drug-likeness (QED) is 0.278. The molecular weight excluding hydrogens is 279 g/mol. The van der Waals surface area contributed by atoms with Gasteiger partial charge in [0, 0.05) is 20.8 Å². The molecule has 0 aromatic rings. The molecule has 0 saturated carbocycles. The first-order chi connectivity index (χ1) is 9.71. The summed E-state index contributed by atoms with van der Waals surface area (Å²) < 4.78 is 20.8. The van der Waals surface area contributed by atoms with Crippen LogP contribution < -0.4 is 0 Å². The van der Waals surface area contributed by atoms with Crippen molar-refractivity contribution >= 4 is 25.8 Å². The van der Waals surface area contributed by atoms with Gasteiger partial charge < -0.3 is 18.9 Å². The van der Waals surface area contributed by atoms with E-state index in [0.717, 1.165) is 0 Å². The van der Waals surface area contributed by atoms with Crippen molar-refractivity contribution in [2.45, 2.75) is 44.6 Å². The molecule has 0 amide bonds. The van der Waals surface area contributed by atoms with Gasteiger partial charge in [0.05, 0.1) is 6.00 Å². The maximum Gasteiger partial charge on any atom is 0.303 e. The molecule has 8 heteroatoms. The van der Waals surface area contributed by atoms with E-state index in [1.54, 1.807) is 7.85 Å². The molecule has 0 aromatic carbocycles. The Labute approximate surface area is 123 Å². The molecule has 4 unspecified atom stereocenters. The molecule has 0 radical (unpaired) electrons. The lowest BCUT2D eigenvalue weighted by atomic mass is 9.89. The maximum absolute atomic E-state index is 11.3. The van der Waals surface area contributed by atoms with E-state index in [-0.39, 0.29) is 6.61 Å². The van der Waals surface area contributed by atoms with Crippen molar-refractivity contribution < 1.29 is 33.3 Å². The molecule has 0 aliphatic carbocycles. The fraction of sp³-hybridized carbons (Fsp3) is 0.615. The number of carbonyl (C=O) groups excluding carboxylic acids is 3. The third kappa shape index (κ3) is 3.98. The van der Waals surface area contributed by atoms with Crippen molar-refractivity contribution in [1.82, 2.24) is 0 Å². The van der Waals surface area contributed by atoms with Crippen LogP contribution in [0.4, 0.5) is 0 Å². The van der Waals surface area contributed by atoms with Crippen molar-refractivity contribution in [1.29, 1.82) is 0 Å². The average molecular weight is 296 g/mol. The first kappa shape index (κ1) is 17.0. The van der Waals surface area contributed by atoms with Crippen LogP contribution in [0.15, 0.2) is 0 Å². The normalized spacial score (nSPS) is 31.0. The molecular formula is C13H17BO7. The van der Waals surface area contributed by atoms with Gasteiger partial charge in [-0.1, -0.05) is 5.92 Å². The highest BCUT2D eigenvalue weighted by Gasteiger charge is 2.57. The topological polar surface area (TPSA) is 88.1 Å². The Balaban J connectivity index is 3.09. The van der Waals surface area contributed by atoms with Gasteiger partial charge in [-0.2, -0.15) is 0 Å². The number of terminal acetylenes is 1. The number of hydrogen-bond donors (Lipinski definition) is 0. The smallest absolute Gasteiger partial charge is 0.303 e.